The number of nitrogens with zero attached hydrogens (tertiary/aromatic N) is 3. The van der Waals surface area contributed by atoms with Crippen LogP contribution < -0.4 is 0 Å². The van der Waals surface area contributed by atoms with Gasteiger partial charge in [0.2, 0.25) is 5.78 Å². The number of rotatable bonds is 9. The van der Waals surface area contributed by atoms with Crippen molar-refractivity contribution in [1.29, 1.82) is 5.26 Å². The van der Waals surface area contributed by atoms with Gasteiger partial charge in [0.1, 0.15) is 4.60 Å². The number of imidazole rings is 1. The number of alkyl halides is 2. The third kappa shape index (κ3) is 5.32. The number of hydrogen-bond acceptors (Lipinski definition) is 5. The van der Waals surface area contributed by atoms with Crippen LogP contribution in [0.5, 0.6) is 0 Å². The molecular weight excluding hydrogens is 552 g/mol. The molecule has 1 aromatic heterocycles. The minimum Gasteiger partial charge on any atom is -0.481 e. The minimum atomic E-state index is -3.92. The van der Waals surface area contributed by atoms with E-state index in [2.05, 4.69) is 27.0 Å². The summed E-state index contributed by atoms with van der Waals surface area (Å²) in [6, 6.07) is 20.9. The van der Waals surface area contributed by atoms with Gasteiger partial charge in [-0.3, -0.25) is 14.2 Å². The number of nitriles is 1. The number of Topliss-reactive ketones (excluding diaryl/α,β-unsaturated/α-hetero) is 1. The first kappa shape index (κ1) is 25.5. The summed E-state index contributed by atoms with van der Waals surface area (Å²) in [4.78, 5) is 28.4. The second-order valence-corrected chi connectivity index (χ2v) is 9.85. The van der Waals surface area contributed by atoms with Gasteiger partial charge in [-0.15, -0.1) is 0 Å². The van der Waals surface area contributed by atoms with Gasteiger partial charge in [0.25, 0.3) is 0 Å². The molecule has 6 nitrogen and oxygen atoms in total. The molecule has 1 N–H and O–H groups in total. The molecule has 10 heteroatoms. The van der Waals surface area contributed by atoms with Crippen molar-refractivity contribution in [1.82, 2.24) is 9.55 Å². The van der Waals surface area contributed by atoms with E-state index in [9.17, 15) is 20.0 Å². The Labute approximate surface area is 217 Å². The molecule has 1 unspecified atom stereocenters. The monoisotopic (exact) mass is 569 g/mol. The molecule has 36 heavy (non-hydrogen) atoms. The fourth-order valence-electron chi connectivity index (χ4n) is 3.84. The van der Waals surface area contributed by atoms with E-state index in [-0.39, 0.29) is 23.3 Å². The first-order valence-electron chi connectivity index (χ1n) is 10.7. The molecule has 182 valence electrons. The predicted molar refractivity (Wildman–Crippen MR) is 135 cm³/mol. The zero-order chi connectivity index (χ0) is 25.9. The molecule has 0 bridgehead atoms. The molecule has 0 aliphatic heterocycles. The normalized spacial score (nSPS) is 12.3. The van der Waals surface area contributed by atoms with Crippen LogP contribution in [0.25, 0.3) is 16.5 Å². The van der Waals surface area contributed by atoms with Crippen LogP contribution in [0.15, 0.2) is 82.7 Å². The maximum atomic E-state index is 15.1. The Morgan fingerprint density at radius 2 is 1.75 bits per heavy atom. The molecule has 3 aromatic carbocycles. The number of fused-ring (bicyclic) bond motifs is 1. The van der Waals surface area contributed by atoms with Crippen molar-refractivity contribution in [2.45, 2.75) is 23.3 Å². The summed E-state index contributed by atoms with van der Waals surface area (Å²) < 4.78 is 32.0. The number of ketones is 1. The summed E-state index contributed by atoms with van der Waals surface area (Å²) >= 11 is 3.29. The van der Waals surface area contributed by atoms with Crippen molar-refractivity contribution in [3.63, 3.8) is 0 Å². The van der Waals surface area contributed by atoms with Gasteiger partial charge < -0.3 is 5.11 Å². The van der Waals surface area contributed by atoms with Gasteiger partial charge in [-0.05, 0) is 51.8 Å². The van der Waals surface area contributed by atoms with E-state index in [0.717, 1.165) is 0 Å². The highest BCUT2D eigenvalue weighted by Crippen LogP contribution is 2.41. The summed E-state index contributed by atoms with van der Waals surface area (Å²) in [5.41, 5.74) is 1.56. The molecule has 0 fully saturated rings. The zero-order valence-electron chi connectivity index (χ0n) is 18.6. The number of carbonyl (C=O) groups excluding carboxylic acids is 1. The summed E-state index contributed by atoms with van der Waals surface area (Å²) in [6.07, 6.45) is 0.470. The molecule has 1 heterocycles. The second-order valence-electron chi connectivity index (χ2n) is 7.96. The largest absolute Gasteiger partial charge is 0.481 e. The number of thioether (sulfide) groups is 1. The molecule has 0 saturated heterocycles. The summed E-state index contributed by atoms with van der Waals surface area (Å²) in [7, 11) is 0. The smallest absolute Gasteiger partial charge is 0.358 e. The number of carboxylic acid groups (broad SMARTS) is 1. The van der Waals surface area contributed by atoms with Gasteiger partial charge in [0, 0.05) is 17.2 Å². The lowest BCUT2D eigenvalue weighted by Gasteiger charge is -2.19. The van der Waals surface area contributed by atoms with E-state index in [1.54, 1.807) is 66.7 Å². The molecule has 0 amide bonds. The SMILES string of the molecule is N#Cc1ccc(-n2c(Br)cnc2SC(F)(F)C(=O)CC(Cc2ccccc2)C(=O)O)c2ccccc12. The number of aromatic nitrogens is 2. The topological polar surface area (TPSA) is 96.0 Å². The maximum Gasteiger partial charge on any atom is 0.358 e. The van der Waals surface area contributed by atoms with Crippen molar-refractivity contribution in [2.75, 3.05) is 0 Å². The van der Waals surface area contributed by atoms with Crippen LogP contribution in [0.2, 0.25) is 0 Å². The third-order valence-corrected chi connectivity index (χ3v) is 7.11. The molecule has 0 aliphatic rings. The molecule has 0 aliphatic carbocycles. The zero-order valence-corrected chi connectivity index (χ0v) is 21.0. The van der Waals surface area contributed by atoms with Gasteiger partial charge in [-0.2, -0.15) is 14.0 Å². The molecule has 4 rings (SSSR count). The maximum absolute atomic E-state index is 15.1. The highest BCUT2D eigenvalue weighted by atomic mass is 79.9. The van der Waals surface area contributed by atoms with Crippen molar-refractivity contribution in [3.8, 4) is 11.8 Å². The molecule has 4 aromatic rings. The molecule has 0 radical (unpaired) electrons. The van der Waals surface area contributed by atoms with E-state index in [1.165, 1.54) is 10.8 Å². The summed E-state index contributed by atoms with van der Waals surface area (Å²) in [5, 5.41) is 16.1. The lowest BCUT2D eigenvalue weighted by molar-refractivity contribution is -0.146. The molecule has 0 saturated carbocycles. The van der Waals surface area contributed by atoms with E-state index < -0.39 is 29.3 Å². The number of hydrogen-bond donors (Lipinski definition) is 1. The van der Waals surface area contributed by atoms with Crippen molar-refractivity contribution >= 4 is 50.2 Å². The van der Waals surface area contributed by atoms with E-state index in [0.29, 0.717) is 32.2 Å². The van der Waals surface area contributed by atoms with Gasteiger partial charge in [0.05, 0.1) is 29.4 Å². The number of aliphatic carboxylic acids is 1. The Morgan fingerprint density at radius 3 is 2.42 bits per heavy atom. The highest BCUT2D eigenvalue weighted by molar-refractivity contribution is 9.10. The summed E-state index contributed by atoms with van der Waals surface area (Å²) in [6.45, 7) is 0. The predicted octanol–water partition coefficient (Wildman–Crippen LogP) is 6.25. The fraction of sp³-hybridized carbons (Fsp3) is 0.154. The fourth-order valence-corrected chi connectivity index (χ4v) is 5.24. The third-order valence-electron chi connectivity index (χ3n) is 5.60. The van der Waals surface area contributed by atoms with E-state index >= 15 is 8.78 Å². The van der Waals surface area contributed by atoms with Crippen LogP contribution in [-0.2, 0) is 16.0 Å². The van der Waals surface area contributed by atoms with Gasteiger partial charge in [0.15, 0.2) is 5.16 Å². The highest BCUT2D eigenvalue weighted by Gasteiger charge is 2.43. The van der Waals surface area contributed by atoms with Crippen LogP contribution in [-0.4, -0.2) is 31.7 Å². The van der Waals surface area contributed by atoms with E-state index in [1.807, 2.05) is 0 Å². The Bertz CT molecular complexity index is 1490. The quantitative estimate of drug-likeness (QED) is 0.239. The van der Waals surface area contributed by atoms with E-state index in [4.69, 9.17) is 0 Å². The van der Waals surface area contributed by atoms with Gasteiger partial charge in [-0.25, -0.2) is 4.98 Å². The van der Waals surface area contributed by atoms with Crippen molar-refractivity contribution in [3.05, 3.63) is 88.7 Å². The van der Waals surface area contributed by atoms with Crippen LogP contribution in [0.4, 0.5) is 8.78 Å². The van der Waals surface area contributed by atoms with Crippen molar-refractivity contribution < 1.29 is 23.5 Å². The lowest BCUT2D eigenvalue weighted by atomic mass is 9.94. The van der Waals surface area contributed by atoms with Gasteiger partial charge >= 0.3 is 11.2 Å². The van der Waals surface area contributed by atoms with Crippen LogP contribution in [0.3, 0.4) is 0 Å². The Balaban J connectivity index is 1.62. The number of benzene rings is 3. The Morgan fingerprint density at radius 1 is 1.08 bits per heavy atom. The minimum absolute atomic E-state index is 0.0416. The van der Waals surface area contributed by atoms with Gasteiger partial charge in [-0.1, -0.05) is 54.6 Å². The number of carbonyl (C=O) groups is 2. The second kappa shape index (κ2) is 10.6. The lowest BCUT2D eigenvalue weighted by Crippen LogP contribution is -2.30. The molecule has 1 atom stereocenters. The first-order valence-corrected chi connectivity index (χ1v) is 12.3. The van der Waals surface area contributed by atoms with Crippen molar-refractivity contribution in [2.24, 2.45) is 5.92 Å². The van der Waals surface area contributed by atoms with Crippen LogP contribution in [0, 0.1) is 17.2 Å². The van der Waals surface area contributed by atoms with Crippen LogP contribution >= 0.6 is 27.7 Å². The molecule has 0 spiro atoms. The number of halogens is 3. The standard InChI is InChI=1S/C26H18BrF2N3O3S/c27-23-15-31-25(32(23)21-11-10-17(14-30)19-8-4-5-9-20(19)21)36-26(28,29)22(33)13-18(24(34)35)12-16-6-2-1-3-7-16/h1-11,15,18H,12-13H2,(H,34,35). The first-order chi connectivity index (χ1) is 17.2. The Hall–Kier alpha value is -3.55. The average molecular weight is 570 g/mol. The molecular formula is C26H18BrF2N3O3S. The Kier molecular flexibility index (Phi) is 7.52. The summed E-state index contributed by atoms with van der Waals surface area (Å²) in [5.74, 6) is -4.10. The van der Waals surface area contributed by atoms with Crippen LogP contribution in [0.1, 0.15) is 17.5 Å². The number of carboxylic acids is 1. The average Bonchev–Trinajstić information content (AvgIpc) is 3.22.